The Morgan fingerprint density at radius 3 is 3.00 bits per heavy atom. The first-order chi connectivity index (χ1) is 5.38. The lowest BCUT2D eigenvalue weighted by atomic mass is 10.2. The maximum absolute atomic E-state index is 7.46. The molecule has 0 saturated heterocycles. The molecule has 2 aromatic rings. The number of aromatic nitrogens is 2. The predicted molar refractivity (Wildman–Crippen MR) is 42.3 cm³/mol. The summed E-state index contributed by atoms with van der Waals surface area (Å²) in [6.45, 7) is 0. The number of rotatable bonds is 0. The van der Waals surface area contributed by atoms with E-state index >= 15 is 0 Å². The Kier molecular flexibility index (Phi) is 1.22. The van der Waals surface area contributed by atoms with Crippen molar-refractivity contribution in [3.05, 3.63) is 30.7 Å². The largest absolute Gasteiger partial charge is 0.299 e. The van der Waals surface area contributed by atoms with Gasteiger partial charge >= 0.3 is 0 Å². The number of nitrogens with zero attached hydrogens (tertiary/aromatic N) is 2. The van der Waals surface area contributed by atoms with Crippen molar-refractivity contribution in [2.24, 2.45) is 0 Å². The fraction of sp³-hybridized carbons (Fsp3) is 0. The third-order valence-electron chi connectivity index (χ3n) is 1.53. The van der Waals surface area contributed by atoms with Crippen molar-refractivity contribution in [1.82, 2.24) is 15.7 Å². The molecule has 0 unspecified atom stereocenters. The molecule has 0 aliphatic rings. The number of fused-ring (bicyclic) bond motifs is 1. The summed E-state index contributed by atoms with van der Waals surface area (Å²) in [6, 6.07) is 3.69. The maximum Gasteiger partial charge on any atom is 0.0906 e. The Bertz CT molecular complexity index is 378. The molecule has 1 radical (unpaired) electrons. The van der Waals surface area contributed by atoms with Gasteiger partial charge < -0.3 is 0 Å². The summed E-state index contributed by atoms with van der Waals surface area (Å²) < 4.78 is 0. The Hall–Kier alpha value is -1.64. The van der Waals surface area contributed by atoms with E-state index in [0.717, 1.165) is 10.9 Å². The van der Waals surface area contributed by atoms with Crippen LogP contribution in [0.15, 0.2) is 30.7 Å². The van der Waals surface area contributed by atoms with Crippen LogP contribution in [-0.2, 0) is 0 Å². The fourth-order valence-corrected chi connectivity index (χ4v) is 1.00. The molecule has 0 atom stereocenters. The fourth-order valence-electron chi connectivity index (χ4n) is 1.00. The first-order valence-electron chi connectivity index (χ1n) is 3.28. The average Bonchev–Trinajstić information content (AvgIpc) is 2.06. The Labute approximate surface area is 63.9 Å². The van der Waals surface area contributed by atoms with Crippen LogP contribution in [-0.4, -0.2) is 9.97 Å². The quantitative estimate of drug-likeness (QED) is 0.563. The van der Waals surface area contributed by atoms with Gasteiger partial charge in [0.25, 0.3) is 0 Å². The molecule has 3 heteroatoms. The van der Waals surface area contributed by atoms with Gasteiger partial charge in [0.2, 0.25) is 0 Å². The maximum atomic E-state index is 7.46. The minimum absolute atomic E-state index is 0.426. The lowest BCUT2D eigenvalue weighted by Crippen LogP contribution is -1.81. The minimum Gasteiger partial charge on any atom is -0.299 e. The second-order valence-electron chi connectivity index (χ2n) is 2.26. The minimum atomic E-state index is 0.426. The smallest absolute Gasteiger partial charge is 0.0906 e. The highest BCUT2D eigenvalue weighted by Gasteiger charge is 1.96. The van der Waals surface area contributed by atoms with E-state index in [4.69, 9.17) is 5.73 Å². The van der Waals surface area contributed by atoms with Crippen LogP contribution >= 0.6 is 0 Å². The monoisotopic (exact) mass is 144 g/mol. The normalized spacial score (nSPS) is 10.2. The van der Waals surface area contributed by atoms with Crippen molar-refractivity contribution in [1.29, 1.82) is 0 Å². The van der Waals surface area contributed by atoms with E-state index in [1.54, 1.807) is 12.4 Å². The summed E-state index contributed by atoms with van der Waals surface area (Å²) >= 11 is 0. The lowest BCUT2D eigenvalue weighted by molar-refractivity contribution is 1.29. The van der Waals surface area contributed by atoms with Crippen molar-refractivity contribution in [3.8, 4) is 0 Å². The molecule has 53 valence electrons. The van der Waals surface area contributed by atoms with Crippen LogP contribution in [0.4, 0.5) is 5.69 Å². The van der Waals surface area contributed by atoms with Gasteiger partial charge in [-0.15, -0.1) is 0 Å². The molecular formula is C8H6N3. The molecular weight excluding hydrogens is 138 g/mol. The summed E-state index contributed by atoms with van der Waals surface area (Å²) in [5.74, 6) is 0. The number of pyridine rings is 2. The first kappa shape index (κ1) is 6.09. The van der Waals surface area contributed by atoms with E-state index in [9.17, 15) is 0 Å². The molecule has 3 nitrogen and oxygen atoms in total. The summed E-state index contributed by atoms with van der Waals surface area (Å²) in [4.78, 5) is 7.92. The average molecular weight is 144 g/mol. The van der Waals surface area contributed by atoms with Gasteiger partial charge in [-0.05, 0) is 12.1 Å². The van der Waals surface area contributed by atoms with Gasteiger partial charge in [-0.3, -0.25) is 15.7 Å². The SMILES string of the molecule is [NH]c1cncc2ncccc12. The van der Waals surface area contributed by atoms with Crippen molar-refractivity contribution in [3.63, 3.8) is 0 Å². The molecule has 11 heavy (non-hydrogen) atoms. The zero-order valence-electron chi connectivity index (χ0n) is 5.78. The van der Waals surface area contributed by atoms with Crippen LogP contribution in [0, 0.1) is 0 Å². The van der Waals surface area contributed by atoms with Crippen molar-refractivity contribution in [2.75, 3.05) is 0 Å². The van der Waals surface area contributed by atoms with Gasteiger partial charge in [-0.1, -0.05) is 0 Å². The molecule has 0 spiro atoms. The highest BCUT2D eigenvalue weighted by molar-refractivity contribution is 5.87. The van der Waals surface area contributed by atoms with Gasteiger partial charge in [0, 0.05) is 11.6 Å². The van der Waals surface area contributed by atoms with E-state index in [1.807, 2.05) is 12.1 Å². The molecule has 0 aromatic carbocycles. The third kappa shape index (κ3) is 0.902. The van der Waals surface area contributed by atoms with Crippen molar-refractivity contribution >= 4 is 16.6 Å². The molecule has 2 heterocycles. The third-order valence-corrected chi connectivity index (χ3v) is 1.53. The molecule has 0 fully saturated rings. The highest BCUT2D eigenvalue weighted by Crippen LogP contribution is 2.16. The van der Waals surface area contributed by atoms with Crippen LogP contribution < -0.4 is 5.73 Å². The highest BCUT2D eigenvalue weighted by atomic mass is 14.7. The van der Waals surface area contributed by atoms with Crippen LogP contribution in [0.1, 0.15) is 0 Å². The number of hydrogen-bond acceptors (Lipinski definition) is 2. The van der Waals surface area contributed by atoms with Crippen LogP contribution in [0.25, 0.3) is 10.9 Å². The predicted octanol–water partition coefficient (Wildman–Crippen LogP) is 1.54. The summed E-state index contributed by atoms with van der Waals surface area (Å²) in [7, 11) is 0. The van der Waals surface area contributed by atoms with Crippen LogP contribution in [0.3, 0.4) is 0 Å². The first-order valence-corrected chi connectivity index (χ1v) is 3.28. The van der Waals surface area contributed by atoms with Crippen molar-refractivity contribution in [2.45, 2.75) is 0 Å². The van der Waals surface area contributed by atoms with Gasteiger partial charge in [0.05, 0.1) is 23.6 Å². The van der Waals surface area contributed by atoms with Crippen molar-refractivity contribution < 1.29 is 0 Å². The zero-order chi connectivity index (χ0) is 7.68. The van der Waals surface area contributed by atoms with E-state index in [1.165, 1.54) is 6.20 Å². The van der Waals surface area contributed by atoms with Gasteiger partial charge in [0.15, 0.2) is 0 Å². The van der Waals surface area contributed by atoms with E-state index < -0.39 is 0 Å². The summed E-state index contributed by atoms with van der Waals surface area (Å²) in [6.07, 6.45) is 4.88. The standard InChI is InChI=1S/C8H6N3/c9-7-4-10-5-8-6(7)2-1-3-11-8/h1-5,9H. The Balaban J connectivity index is 2.91. The molecule has 0 aliphatic carbocycles. The Morgan fingerprint density at radius 2 is 2.18 bits per heavy atom. The lowest BCUT2D eigenvalue weighted by Gasteiger charge is -1.96. The van der Waals surface area contributed by atoms with Crippen LogP contribution in [0.5, 0.6) is 0 Å². The van der Waals surface area contributed by atoms with Gasteiger partial charge in [-0.25, -0.2) is 0 Å². The second-order valence-corrected chi connectivity index (χ2v) is 2.26. The molecule has 2 rings (SSSR count). The summed E-state index contributed by atoms with van der Waals surface area (Å²) in [5, 5.41) is 0.850. The number of nitrogens with one attached hydrogen (secondary N) is 1. The molecule has 0 bridgehead atoms. The van der Waals surface area contributed by atoms with E-state index in [2.05, 4.69) is 9.97 Å². The van der Waals surface area contributed by atoms with Gasteiger partial charge in [-0.2, -0.15) is 0 Å². The number of hydrogen-bond donors (Lipinski definition) is 0. The molecule has 1 N–H and O–H groups in total. The van der Waals surface area contributed by atoms with E-state index in [-0.39, 0.29) is 0 Å². The zero-order valence-corrected chi connectivity index (χ0v) is 5.78. The molecule has 2 aromatic heterocycles. The van der Waals surface area contributed by atoms with Gasteiger partial charge in [0.1, 0.15) is 0 Å². The molecule has 0 saturated carbocycles. The summed E-state index contributed by atoms with van der Waals surface area (Å²) in [5.41, 5.74) is 8.67. The van der Waals surface area contributed by atoms with E-state index in [0.29, 0.717) is 5.69 Å². The molecule has 0 amide bonds. The topological polar surface area (TPSA) is 49.6 Å². The Morgan fingerprint density at radius 1 is 1.27 bits per heavy atom. The molecule has 0 aliphatic heterocycles. The van der Waals surface area contributed by atoms with Crippen LogP contribution in [0.2, 0.25) is 0 Å². The second kappa shape index (κ2) is 2.20.